The molecule has 15 nitrogen and oxygen atoms in total. The summed E-state index contributed by atoms with van der Waals surface area (Å²) in [6.07, 6.45) is -5.36. The summed E-state index contributed by atoms with van der Waals surface area (Å²) in [7, 11) is 4.41. The van der Waals surface area contributed by atoms with Crippen LogP contribution < -0.4 is 19.8 Å². The summed E-state index contributed by atoms with van der Waals surface area (Å²) in [4.78, 5) is 63.1. The summed E-state index contributed by atoms with van der Waals surface area (Å²) in [6, 6.07) is 8.15. The SMILES string of the molecule is COCOCCc1cc(OC)c2c(c1)c(=O)oc1c2cc(OC)c2c(OC(C)=O)ccc([C@H]3O[C@@H]([C@@H](C)OC(C)=O)[C@H](OC(C)=O)[C@H]3OC(C)=O)c21. The predicted molar refractivity (Wildman–Crippen MR) is 183 cm³/mol. The predicted octanol–water partition coefficient (Wildman–Crippen LogP) is 4.46. The Morgan fingerprint density at radius 2 is 1.44 bits per heavy atom. The molecule has 0 unspecified atom stereocenters. The summed E-state index contributed by atoms with van der Waals surface area (Å²) in [5.41, 5.74) is 0.353. The van der Waals surface area contributed by atoms with E-state index in [-0.39, 0.29) is 45.6 Å². The van der Waals surface area contributed by atoms with Crippen molar-refractivity contribution in [3.8, 4) is 17.2 Å². The number of ether oxygens (including phenoxy) is 9. The number of benzene rings is 3. The minimum Gasteiger partial charge on any atom is -0.496 e. The van der Waals surface area contributed by atoms with Crippen LogP contribution >= 0.6 is 0 Å². The minimum absolute atomic E-state index is 0.0393. The standard InChI is InChI=1S/C37H40O15/c1-17(47-18(2)38)32-35(49-20(4)40)36(50-21(5)41)34(51-32)23-9-10-26(48-19(3)39)31-28(45-8)15-24-29-25(37(42)52-33(24)30(23)31)13-22(14-27(29)44-7)11-12-46-16-43-6/h9-10,13-15,17,32,34-36H,11-12,16H2,1-8H3/t17-,32+,34-,35+,36+/m1/s1. The molecule has 1 fully saturated rings. The molecule has 4 aromatic rings. The highest BCUT2D eigenvalue weighted by molar-refractivity contribution is 6.19. The van der Waals surface area contributed by atoms with E-state index in [0.29, 0.717) is 29.5 Å². The van der Waals surface area contributed by atoms with Crippen molar-refractivity contribution in [1.82, 2.24) is 0 Å². The Kier molecular flexibility index (Phi) is 11.7. The number of esters is 4. The lowest BCUT2D eigenvalue weighted by Gasteiger charge is -2.26. The molecule has 5 atom stereocenters. The van der Waals surface area contributed by atoms with Crippen molar-refractivity contribution in [3.05, 3.63) is 51.9 Å². The third-order valence-corrected chi connectivity index (χ3v) is 8.44. The first-order chi connectivity index (χ1) is 24.8. The Morgan fingerprint density at radius 3 is 2.06 bits per heavy atom. The van der Waals surface area contributed by atoms with Crippen LogP contribution in [0.5, 0.6) is 17.2 Å². The van der Waals surface area contributed by atoms with Gasteiger partial charge in [0.1, 0.15) is 47.9 Å². The van der Waals surface area contributed by atoms with Crippen molar-refractivity contribution in [3.63, 3.8) is 0 Å². The molecule has 0 radical (unpaired) electrons. The molecule has 1 aliphatic rings. The molecule has 278 valence electrons. The first kappa shape index (κ1) is 38.0. The van der Waals surface area contributed by atoms with E-state index in [9.17, 15) is 24.0 Å². The number of carbonyl (C=O) groups excluding carboxylic acids is 4. The Labute approximate surface area is 297 Å². The Balaban J connectivity index is 1.86. The maximum atomic E-state index is 13.9. The number of hydrogen-bond acceptors (Lipinski definition) is 15. The van der Waals surface area contributed by atoms with E-state index in [1.807, 2.05) is 0 Å². The molecule has 0 bridgehead atoms. The second-order valence-corrected chi connectivity index (χ2v) is 12.1. The zero-order valence-corrected chi connectivity index (χ0v) is 30.0. The highest BCUT2D eigenvalue weighted by atomic mass is 16.7. The molecule has 0 amide bonds. The summed E-state index contributed by atoms with van der Waals surface area (Å²) in [5.74, 6) is -2.04. The van der Waals surface area contributed by atoms with Gasteiger partial charge in [0, 0.05) is 51.0 Å². The molecule has 2 heterocycles. The fraction of sp³-hybridized carbons (Fsp3) is 0.432. The van der Waals surface area contributed by atoms with Crippen molar-refractivity contribution in [2.45, 2.75) is 71.6 Å². The van der Waals surface area contributed by atoms with Crippen molar-refractivity contribution < 1.29 is 66.2 Å². The molecule has 1 saturated heterocycles. The summed E-state index contributed by atoms with van der Waals surface area (Å²) >= 11 is 0. The molecule has 1 aliphatic heterocycles. The van der Waals surface area contributed by atoms with Crippen LogP contribution in [0.15, 0.2) is 39.5 Å². The van der Waals surface area contributed by atoms with Crippen LogP contribution in [-0.2, 0) is 54.0 Å². The van der Waals surface area contributed by atoms with E-state index in [1.54, 1.807) is 31.2 Å². The Morgan fingerprint density at radius 1 is 0.769 bits per heavy atom. The van der Waals surface area contributed by atoms with Gasteiger partial charge in [0.15, 0.2) is 12.2 Å². The van der Waals surface area contributed by atoms with Crippen LogP contribution in [0.25, 0.3) is 32.5 Å². The molecule has 0 spiro atoms. The van der Waals surface area contributed by atoms with E-state index >= 15 is 0 Å². The molecule has 1 aromatic heterocycles. The second-order valence-electron chi connectivity index (χ2n) is 12.1. The van der Waals surface area contributed by atoms with Crippen molar-refractivity contribution in [1.29, 1.82) is 0 Å². The lowest BCUT2D eigenvalue weighted by atomic mass is 9.91. The Bertz CT molecular complexity index is 2080. The smallest absolute Gasteiger partial charge is 0.344 e. The molecule has 5 rings (SSSR count). The number of methoxy groups -OCH3 is 3. The summed E-state index contributed by atoms with van der Waals surface area (Å²) < 4.78 is 57.0. The fourth-order valence-electron chi connectivity index (χ4n) is 6.61. The highest BCUT2D eigenvalue weighted by Crippen LogP contribution is 2.49. The summed E-state index contributed by atoms with van der Waals surface area (Å²) in [5, 5.41) is 1.44. The lowest BCUT2D eigenvalue weighted by molar-refractivity contribution is -0.169. The molecular formula is C37H40O15. The van der Waals surface area contributed by atoms with Crippen molar-refractivity contribution >= 4 is 56.4 Å². The largest absolute Gasteiger partial charge is 0.496 e. The zero-order valence-electron chi connectivity index (χ0n) is 30.0. The van der Waals surface area contributed by atoms with Crippen LogP contribution in [0.1, 0.15) is 51.8 Å². The fourth-order valence-corrected chi connectivity index (χ4v) is 6.61. The van der Waals surface area contributed by atoms with E-state index in [0.717, 1.165) is 5.56 Å². The minimum atomic E-state index is -1.28. The van der Waals surface area contributed by atoms with Gasteiger partial charge in [-0.05, 0) is 48.7 Å². The molecule has 0 saturated carbocycles. The van der Waals surface area contributed by atoms with E-state index in [1.165, 1.54) is 55.1 Å². The van der Waals surface area contributed by atoms with Gasteiger partial charge >= 0.3 is 29.5 Å². The average molecular weight is 725 g/mol. The zero-order chi connectivity index (χ0) is 37.9. The van der Waals surface area contributed by atoms with Gasteiger partial charge in [-0.3, -0.25) is 19.2 Å². The quantitative estimate of drug-likeness (QED) is 0.0358. The monoisotopic (exact) mass is 724 g/mol. The van der Waals surface area contributed by atoms with Gasteiger partial charge in [-0.2, -0.15) is 0 Å². The van der Waals surface area contributed by atoms with Gasteiger partial charge in [0.25, 0.3) is 0 Å². The van der Waals surface area contributed by atoms with Crippen molar-refractivity contribution in [2.24, 2.45) is 0 Å². The maximum absolute atomic E-state index is 13.9. The molecular weight excluding hydrogens is 684 g/mol. The van der Waals surface area contributed by atoms with Crippen LogP contribution in [0.2, 0.25) is 0 Å². The normalized spacial score (nSPS) is 19.0. The third kappa shape index (κ3) is 7.66. The van der Waals surface area contributed by atoms with Crippen LogP contribution in [0.3, 0.4) is 0 Å². The van der Waals surface area contributed by atoms with Gasteiger partial charge in [-0.25, -0.2) is 4.79 Å². The van der Waals surface area contributed by atoms with Gasteiger partial charge in [0.2, 0.25) is 0 Å². The number of rotatable bonds is 13. The molecule has 15 heteroatoms. The second kappa shape index (κ2) is 16.0. The van der Waals surface area contributed by atoms with E-state index < -0.39 is 60.0 Å². The Hall–Kier alpha value is -5.25. The highest BCUT2D eigenvalue weighted by Gasteiger charge is 2.53. The molecule has 0 aliphatic carbocycles. The van der Waals surface area contributed by atoms with Crippen LogP contribution in [0.4, 0.5) is 0 Å². The van der Waals surface area contributed by atoms with Crippen molar-refractivity contribution in [2.75, 3.05) is 34.7 Å². The lowest BCUT2D eigenvalue weighted by Crippen LogP contribution is -2.43. The number of carbonyl (C=O) groups is 4. The average Bonchev–Trinajstić information content (AvgIpc) is 3.41. The molecule has 52 heavy (non-hydrogen) atoms. The van der Waals surface area contributed by atoms with Gasteiger partial charge in [-0.1, -0.05) is 6.07 Å². The van der Waals surface area contributed by atoms with E-state index in [2.05, 4.69) is 0 Å². The third-order valence-electron chi connectivity index (χ3n) is 8.44. The molecule has 3 aromatic carbocycles. The first-order valence-corrected chi connectivity index (χ1v) is 16.3. The van der Waals surface area contributed by atoms with Gasteiger partial charge in [-0.15, -0.1) is 0 Å². The van der Waals surface area contributed by atoms with Crippen LogP contribution in [-0.4, -0.2) is 83.0 Å². The van der Waals surface area contributed by atoms with E-state index in [4.69, 9.17) is 47.0 Å². The topological polar surface area (TPSA) is 182 Å². The molecule has 0 N–H and O–H groups in total. The number of hydrogen-bond donors (Lipinski definition) is 0. The summed E-state index contributed by atoms with van der Waals surface area (Å²) in [6.45, 7) is 6.77. The van der Waals surface area contributed by atoms with Gasteiger partial charge < -0.3 is 47.0 Å². The van der Waals surface area contributed by atoms with Gasteiger partial charge in [0.05, 0.1) is 31.6 Å². The maximum Gasteiger partial charge on any atom is 0.344 e. The van der Waals surface area contributed by atoms with Crippen LogP contribution in [0, 0.1) is 0 Å². The number of fused-ring (bicyclic) bond motifs is 5. The first-order valence-electron chi connectivity index (χ1n) is 16.3.